The average molecular weight is 304 g/mol. The third-order valence-electron chi connectivity index (χ3n) is 2.36. The summed E-state index contributed by atoms with van der Waals surface area (Å²) >= 11 is 0. The van der Waals surface area contributed by atoms with E-state index in [1.165, 1.54) is 6.07 Å². The van der Waals surface area contributed by atoms with Gasteiger partial charge in [0.1, 0.15) is 4.90 Å². The summed E-state index contributed by atoms with van der Waals surface area (Å²) in [4.78, 5) is 9.73. The molecule has 9 nitrogen and oxygen atoms in total. The molecule has 0 aliphatic rings. The molecule has 0 heterocycles. The van der Waals surface area contributed by atoms with Crippen molar-refractivity contribution < 1.29 is 18.1 Å². The molecule has 0 aliphatic carbocycles. The van der Waals surface area contributed by atoms with E-state index >= 15 is 0 Å². The number of nitro benzene ring substituents is 1. The summed E-state index contributed by atoms with van der Waals surface area (Å²) in [6.07, 6.45) is 0. The van der Waals surface area contributed by atoms with E-state index in [-0.39, 0.29) is 29.4 Å². The maximum absolute atomic E-state index is 12.1. The topological polar surface area (TPSA) is 137 Å². The van der Waals surface area contributed by atoms with Gasteiger partial charge in [-0.3, -0.25) is 16.0 Å². The molecule has 0 aliphatic heterocycles. The molecule has 10 heteroatoms. The van der Waals surface area contributed by atoms with Gasteiger partial charge in [-0.05, 0) is 13.0 Å². The molecular weight excluding hydrogens is 288 g/mol. The highest BCUT2D eigenvalue weighted by atomic mass is 32.2. The fourth-order valence-corrected chi connectivity index (χ4v) is 2.64. The van der Waals surface area contributed by atoms with Gasteiger partial charge in [-0.2, -0.15) is 0 Å². The number of hydrogen-bond donors (Lipinski definition) is 3. The Balaban J connectivity index is 3.02. The number of nitro groups is 1. The van der Waals surface area contributed by atoms with Gasteiger partial charge in [0, 0.05) is 25.3 Å². The van der Waals surface area contributed by atoms with E-state index in [0.717, 1.165) is 12.1 Å². The number of hydrogen-bond acceptors (Lipinski definition) is 7. The quantitative estimate of drug-likeness (QED) is 0.270. The number of non-ortho nitro benzene ring substituents is 1. The predicted octanol–water partition coefficient (Wildman–Crippen LogP) is 0.195. The van der Waals surface area contributed by atoms with Gasteiger partial charge in [0.15, 0.2) is 0 Å². The van der Waals surface area contributed by atoms with Crippen LogP contribution in [0.2, 0.25) is 0 Å². The number of sulfonamides is 1. The predicted molar refractivity (Wildman–Crippen MR) is 72.6 cm³/mol. The molecule has 1 aromatic rings. The lowest BCUT2D eigenvalue weighted by Crippen LogP contribution is -2.28. The second-order valence-corrected chi connectivity index (χ2v) is 5.41. The zero-order chi connectivity index (χ0) is 15.2. The van der Waals surface area contributed by atoms with Crippen LogP contribution in [0.15, 0.2) is 23.1 Å². The molecular formula is C10H16N4O5S. The summed E-state index contributed by atoms with van der Waals surface area (Å²) in [7, 11) is -3.92. The van der Waals surface area contributed by atoms with Gasteiger partial charge >= 0.3 is 0 Å². The smallest absolute Gasteiger partial charge is 0.270 e. The second-order valence-electron chi connectivity index (χ2n) is 3.68. The van der Waals surface area contributed by atoms with Gasteiger partial charge in [-0.1, -0.05) is 0 Å². The lowest BCUT2D eigenvalue weighted by molar-refractivity contribution is -0.385. The number of nitrogens with two attached hydrogens (primary N) is 1. The lowest BCUT2D eigenvalue weighted by atomic mass is 10.3. The fraction of sp³-hybridized carbons (Fsp3) is 0.400. The third-order valence-corrected chi connectivity index (χ3v) is 3.86. The molecule has 0 amide bonds. The number of nitrogens with one attached hydrogen (secondary N) is 2. The van der Waals surface area contributed by atoms with E-state index in [0.29, 0.717) is 6.61 Å². The van der Waals surface area contributed by atoms with E-state index in [4.69, 9.17) is 10.6 Å². The van der Waals surface area contributed by atoms with Crippen LogP contribution in [0.5, 0.6) is 0 Å². The van der Waals surface area contributed by atoms with Crippen molar-refractivity contribution in [1.82, 2.24) is 4.72 Å². The minimum Gasteiger partial charge on any atom is -0.380 e. The number of ether oxygens (including phenoxy) is 1. The first-order valence-electron chi connectivity index (χ1n) is 5.75. The van der Waals surface area contributed by atoms with Gasteiger partial charge in [-0.25, -0.2) is 13.1 Å². The number of nitrogen functional groups attached to an aromatic ring is 1. The van der Waals surface area contributed by atoms with E-state index in [9.17, 15) is 18.5 Å². The minimum absolute atomic E-state index is 0.0584. The van der Waals surface area contributed by atoms with Crippen molar-refractivity contribution in [3.05, 3.63) is 28.3 Å². The van der Waals surface area contributed by atoms with Crippen LogP contribution < -0.4 is 16.0 Å². The Morgan fingerprint density at radius 1 is 1.45 bits per heavy atom. The Bertz CT molecular complexity index is 575. The van der Waals surface area contributed by atoms with Crippen molar-refractivity contribution in [1.29, 1.82) is 0 Å². The standard InChI is InChI=1S/C10H16N4O5S/c1-2-19-6-5-12-20(17,18)10-7-8(14(15)16)3-4-9(10)13-11/h3-4,7,12-13H,2,5-6,11H2,1H3. The van der Waals surface area contributed by atoms with E-state index in [2.05, 4.69) is 10.1 Å². The Hall–Kier alpha value is -1.75. The highest BCUT2D eigenvalue weighted by Gasteiger charge is 2.21. The second kappa shape index (κ2) is 7.14. The van der Waals surface area contributed by atoms with E-state index in [1.54, 1.807) is 6.92 Å². The largest absolute Gasteiger partial charge is 0.380 e. The van der Waals surface area contributed by atoms with Crippen LogP contribution in [0, 0.1) is 10.1 Å². The molecule has 0 radical (unpaired) electrons. The number of anilines is 1. The van der Waals surface area contributed by atoms with Crippen molar-refractivity contribution in [2.45, 2.75) is 11.8 Å². The molecule has 1 aromatic carbocycles. The molecule has 0 saturated carbocycles. The van der Waals surface area contributed by atoms with Crippen LogP contribution in [0.4, 0.5) is 11.4 Å². The first-order chi connectivity index (χ1) is 9.42. The molecule has 0 atom stereocenters. The van der Waals surface area contributed by atoms with E-state index < -0.39 is 14.9 Å². The van der Waals surface area contributed by atoms with Crippen LogP contribution in [0.1, 0.15) is 6.92 Å². The molecule has 20 heavy (non-hydrogen) atoms. The third kappa shape index (κ3) is 4.13. The van der Waals surface area contributed by atoms with Crippen LogP contribution in [-0.4, -0.2) is 33.1 Å². The SMILES string of the molecule is CCOCCNS(=O)(=O)c1cc([N+](=O)[O-])ccc1NN. The maximum Gasteiger partial charge on any atom is 0.270 e. The molecule has 4 N–H and O–H groups in total. The van der Waals surface area contributed by atoms with Gasteiger partial charge in [0.05, 0.1) is 17.2 Å². The zero-order valence-corrected chi connectivity index (χ0v) is 11.6. The lowest BCUT2D eigenvalue weighted by Gasteiger charge is -2.10. The Kier molecular flexibility index (Phi) is 5.82. The first kappa shape index (κ1) is 16.3. The van der Waals surface area contributed by atoms with Gasteiger partial charge in [0.25, 0.3) is 5.69 Å². The molecule has 1 rings (SSSR count). The number of benzene rings is 1. The van der Waals surface area contributed by atoms with Crippen LogP contribution >= 0.6 is 0 Å². The summed E-state index contributed by atoms with van der Waals surface area (Å²) < 4.78 is 31.4. The summed E-state index contributed by atoms with van der Waals surface area (Å²) in [5.41, 5.74) is 1.93. The average Bonchev–Trinajstić information content (AvgIpc) is 2.42. The van der Waals surface area contributed by atoms with Gasteiger partial charge in [0.2, 0.25) is 10.0 Å². The Morgan fingerprint density at radius 3 is 2.70 bits per heavy atom. The number of hydrazine groups is 1. The van der Waals surface area contributed by atoms with Crippen molar-refractivity contribution in [3.8, 4) is 0 Å². The Morgan fingerprint density at radius 2 is 2.15 bits per heavy atom. The first-order valence-corrected chi connectivity index (χ1v) is 7.23. The van der Waals surface area contributed by atoms with Crippen molar-refractivity contribution in [2.75, 3.05) is 25.2 Å². The van der Waals surface area contributed by atoms with Crippen LogP contribution in [0.3, 0.4) is 0 Å². The van der Waals surface area contributed by atoms with Gasteiger partial charge in [-0.15, -0.1) is 0 Å². The van der Waals surface area contributed by atoms with Crippen LogP contribution in [-0.2, 0) is 14.8 Å². The monoisotopic (exact) mass is 304 g/mol. The molecule has 0 aromatic heterocycles. The highest BCUT2D eigenvalue weighted by molar-refractivity contribution is 7.89. The fourth-order valence-electron chi connectivity index (χ4n) is 1.44. The minimum atomic E-state index is -3.92. The van der Waals surface area contributed by atoms with Gasteiger partial charge < -0.3 is 10.2 Å². The molecule has 0 saturated heterocycles. The number of nitrogens with zero attached hydrogens (tertiary/aromatic N) is 1. The summed E-state index contributed by atoms with van der Waals surface area (Å²) in [5.74, 6) is 5.21. The zero-order valence-electron chi connectivity index (χ0n) is 10.8. The van der Waals surface area contributed by atoms with Crippen LogP contribution in [0.25, 0.3) is 0 Å². The summed E-state index contributed by atoms with van der Waals surface area (Å²) in [6, 6.07) is 3.34. The molecule has 0 bridgehead atoms. The molecule has 0 unspecified atom stereocenters. The number of rotatable bonds is 8. The van der Waals surface area contributed by atoms with Crippen molar-refractivity contribution >= 4 is 21.4 Å². The molecule has 0 spiro atoms. The van der Waals surface area contributed by atoms with Crippen molar-refractivity contribution in [3.63, 3.8) is 0 Å². The highest BCUT2D eigenvalue weighted by Crippen LogP contribution is 2.25. The molecule has 112 valence electrons. The Labute approximate surface area is 116 Å². The molecule has 0 fully saturated rings. The summed E-state index contributed by atoms with van der Waals surface area (Å²) in [6.45, 7) is 2.51. The van der Waals surface area contributed by atoms with E-state index in [1.807, 2.05) is 0 Å². The maximum atomic E-state index is 12.1. The normalized spacial score (nSPS) is 11.3. The summed E-state index contributed by atoms with van der Waals surface area (Å²) in [5, 5.41) is 10.7. The van der Waals surface area contributed by atoms with Crippen molar-refractivity contribution in [2.24, 2.45) is 5.84 Å².